The molecule has 2 aromatic carbocycles. The highest BCUT2D eigenvalue weighted by atomic mass is 16.5. The predicted octanol–water partition coefficient (Wildman–Crippen LogP) is 5.03. The van der Waals surface area contributed by atoms with E-state index in [1.54, 1.807) is 0 Å². The highest BCUT2D eigenvalue weighted by Crippen LogP contribution is 2.34. The summed E-state index contributed by atoms with van der Waals surface area (Å²) in [7, 11) is 4.25. The van der Waals surface area contributed by atoms with Crippen LogP contribution in [-0.2, 0) is 17.8 Å². The molecule has 3 aromatic rings. The maximum Gasteiger partial charge on any atom is 0.318 e. The van der Waals surface area contributed by atoms with Crippen molar-refractivity contribution in [3.05, 3.63) is 66.4 Å². The van der Waals surface area contributed by atoms with Crippen LogP contribution in [0.5, 0.6) is 6.01 Å². The second-order valence-electron chi connectivity index (χ2n) is 10.6. The molecule has 1 saturated heterocycles. The van der Waals surface area contributed by atoms with Crippen molar-refractivity contribution in [2.24, 2.45) is 0 Å². The SMILES string of the molecule is C=CC(=O)CCCCN(C)c1nc(OC[C@@H]2CCCN2C)nc2c1CCN(c1cccc3ccccc13)C2. The molecule has 2 aliphatic heterocycles. The summed E-state index contributed by atoms with van der Waals surface area (Å²) in [5.41, 5.74) is 3.48. The van der Waals surface area contributed by atoms with E-state index in [0.717, 1.165) is 63.4 Å². The number of hydrogen-bond donors (Lipinski definition) is 0. The Labute approximate surface area is 226 Å². The minimum Gasteiger partial charge on any atom is -0.462 e. The summed E-state index contributed by atoms with van der Waals surface area (Å²) >= 11 is 0. The highest BCUT2D eigenvalue weighted by Gasteiger charge is 2.27. The van der Waals surface area contributed by atoms with Gasteiger partial charge in [-0.05, 0) is 63.2 Å². The number of ketones is 1. The summed E-state index contributed by atoms with van der Waals surface area (Å²) < 4.78 is 6.24. The number of anilines is 2. The first-order valence-corrected chi connectivity index (χ1v) is 13.9. The molecule has 0 spiro atoms. The summed E-state index contributed by atoms with van der Waals surface area (Å²) in [4.78, 5) is 28.5. The van der Waals surface area contributed by atoms with Crippen LogP contribution in [0.3, 0.4) is 0 Å². The molecule has 5 rings (SSSR count). The number of fused-ring (bicyclic) bond motifs is 2. The molecule has 0 aliphatic carbocycles. The zero-order chi connectivity index (χ0) is 26.5. The number of likely N-dealkylation sites (N-methyl/N-ethyl adjacent to an activating group) is 1. The number of nitrogens with zero attached hydrogens (tertiary/aromatic N) is 5. The zero-order valence-corrected chi connectivity index (χ0v) is 22.7. The minimum atomic E-state index is 0.105. The maximum absolute atomic E-state index is 11.6. The van der Waals surface area contributed by atoms with Crippen molar-refractivity contribution in [2.45, 2.75) is 51.1 Å². The summed E-state index contributed by atoms with van der Waals surface area (Å²) in [5, 5.41) is 2.51. The fourth-order valence-corrected chi connectivity index (χ4v) is 5.68. The Hall–Kier alpha value is -3.45. The molecule has 0 N–H and O–H groups in total. The van der Waals surface area contributed by atoms with E-state index in [9.17, 15) is 4.79 Å². The number of rotatable bonds is 11. The van der Waals surface area contributed by atoms with Gasteiger partial charge in [0, 0.05) is 49.2 Å². The molecular formula is C31H39N5O2. The van der Waals surface area contributed by atoms with Crippen LogP contribution in [0.4, 0.5) is 11.5 Å². The van der Waals surface area contributed by atoms with E-state index in [4.69, 9.17) is 14.7 Å². The number of hydrogen-bond acceptors (Lipinski definition) is 7. The molecule has 0 radical (unpaired) electrons. The van der Waals surface area contributed by atoms with E-state index in [1.807, 2.05) is 0 Å². The number of unbranched alkanes of at least 4 members (excludes halogenated alkanes) is 1. The fourth-order valence-electron chi connectivity index (χ4n) is 5.68. The summed E-state index contributed by atoms with van der Waals surface area (Å²) in [5.74, 6) is 1.06. The molecular weight excluding hydrogens is 474 g/mol. The summed E-state index contributed by atoms with van der Waals surface area (Å²) in [6.07, 6.45) is 6.94. The maximum atomic E-state index is 11.6. The summed E-state index contributed by atoms with van der Waals surface area (Å²) in [6.45, 7) is 7.75. The van der Waals surface area contributed by atoms with Crippen LogP contribution in [0.15, 0.2) is 55.1 Å². The van der Waals surface area contributed by atoms with E-state index in [1.165, 1.54) is 34.5 Å². The van der Waals surface area contributed by atoms with E-state index in [2.05, 4.69) is 77.8 Å². The number of likely N-dealkylation sites (tertiary alicyclic amines) is 1. The lowest BCUT2D eigenvalue weighted by Gasteiger charge is -2.33. The Kier molecular flexibility index (Phi) is 8.23. The van der Waals surface area contributed by atoms with Crippen LogP contribution in [0.1, 0.15) is 43.4 Å². The first-order valence-electron chi connectivity index (χ1n) is 13.9. The third-order valence-electron chi connectivity index (χ3n) is 7.96. The van der Waals surface area contributed by atoms with Gasteiger partial charge >= 0.3 is 6.01 Å². The van der Waals surface area contributed by atoms with Crippen LogP contribution in [0, 0.1) is 0 Å². The largest absolute Gasteiger partial charge is 0.462 e. The van der Waals surface area contributed by atoms with Gasteiger partial charge in [0.2, 0.25) is 0 Å². The van der Waals surface area contributed by atoms with Gasteiger partial charge in [-0.3, -0.25) is 4.79 Å². The highest BCUT2D eigenvalue weighted by molar-refractivity contribution is 5.94. The van der Waals surface area contributed by atoms with Gasteiger partial charge in [-0.25, -0.2) is 0 Å². The fraction of sp³-hybridized carbons (Fsp3) is 0.452. The Bertz CT molecular complexity index is 1290. The van der Waals surface area contributed by atoms with Gasteiger partial charge < -0.3 is 19.4 Å². The number of benzene rings is 2. The molecule has 200 valence electrons. The van der Waals surface area contributed by atoms with Crippen molar-refractivity contribution in [1.29, 1.82) is 0 Å². The standard InChI is InChI=1S/C31H39N5O2/c1-4-25(37)14-7-8-18-35(3)30-27-17-20-36(29-16-9-12-23-11-5-6-15-26(23)29)21-28(27)32-31(33-30)38-22-24-13-10-19-34(24)2/h4-6,9,11-12,15-16,24H,1,7-8,10,13-14,17-22H2,2-3H3/t24-/m0/s1. The Morgan fingerprint density at radius 3 is 2.82 bits per heavy atom. The quantitative estimate of drug-likeness (QED) is 0.263. The first kappa shape index (κ1) is 26.2. The van der Waals surface area contributed by atoms with E-state index < -0.39 is 0 Å². The van der Waals surface area contributed by atoms with E-state index >= 15 is 0 Å². The van der Waals surface area contributed by atoms with Crippen LogP contribution < -0.4 is 14.5 Å². The predicted molar refractivity (Wildman–Crippen MR) is 154 cm³/mol. The summed E-state index contributed by atoms with van der Waals surface area (Å²) in [6, 6.07) is 15.9. The average molecular weight is 514 g/mol. The van der Waals surface area contributed by atoms with Gasteiger partial charge in [-0.15, -0.1) is 0 Å². The van der Waals surface area contributed by atoms with Gasteiger partial charge in [0.25, 0.3) is 0 Å². The molecule has 1 atom stereocenters. The lowest BCUT2D eigenvalue weighted by molar-refractivity contribution is -0.114. The van der Waals surface area contributed by atoms with Crippen LogP contribution >= 0.6 is 0 Å². The molecule has 0 unspecified atom stereocenters. The first-order chi connectivity index (χ1) is 18.5. The van der Waals surface area contributed by atoms with Crippen molar-refractivity contribution in [2.75, 3.05) is 50.1 Å². The molecule has 1 fully saturated rings. The molecule has 7 heteroatoms. The monoisotopic (exact) mass is 513 g/mol. The zero-order valence-electron chi connectivity index (χ0n) is 22.7. The number of aromatic nitrogens is 2. The topological polar surface area (TPSA) is 61.8 Å². The van der Waals surface area contributed by atoms with Crippen molar-refractivity contribution in [3.63, 3.8) is 0 Å². The van der Waals surface area contributed by atoms with Crippen molar-refractivity contribution < 1.29 is 9.53 Å². The smallest absolute Gasteiger partial charge is 0.318 e. The molecule has 0 bridgehead atoms. The molecule has 3 heterocycles. The van der Waals surface area contributed by atoms with Gasteiger partial charge in [0.1, 0.15) is 12.4 Å². The minimum absolute atomic E-state index is 0.105. The third kappa shape index (κ3) is 5.83. The van der Waals surface area contributed by atoms with E-state index in [0.29, 0.717) is 25.1 Å². The van der Waals surface area contributed by atoms with Gasteiger partial charge in [0.05, 0.1) is 12.2 Å². The van der Waals surface area contributed by atoms with Crippen molar-refractivity contribution >= 4 is 28.1 Å². The van der Waals surface area contributed by atoms with Crippen LogP contribution in [0.25, 0.3) is 10.8 Å². The van der Waals surface area contributed by atoms with Gasteiger partial charge in [-0.2, -0.15) is 9.97 Å². The molecule has 38 heavy (non-hydrogen) atoms. The Morgan fingerprint density at radius 2 is 2.00 bits per heavy atom. The molecule has 1 aromatic heterocycles. The Balaban J connectivity index is 1.39. The number of carbonyl (C=O) groups is 1. The second-order valence-corrected chi connectivity index (χ2v) is 10.6. The van der Waals surface area contributed by atoms with Crippen molar-refractivity contribution in [3.8, 4) is 6.01 Å². The van der Waals surface area contributed by atoms with Crippen LogP contribution in [0.2, 0.25) is 0 Å². The number of allylic oxidation sites excluding steroid dienone is 1. The third-order valence-corrected chi connectivity index (χ3v) is 7.96. The molecule has 2 aliphatic rings. The molecule has 0 saturated carbocycles. The van der Waals surface area contributed by atoms with Crippen molar-refractivity contribution in [1.82, 2.24) is 14.9 Å². The second kappa shape index (κ2) is 11.9. The lowest BCUT2D eigenvalue weighted by atomic mass is 10.0. The van der Waals surface area contributed by atoms with Crippen LogP contribution in [-0.4, -0.2) is 67.0 Å². The molecule has 7 nitrogen and oxygen atoms in total. The van der Waals surface area contributed by atoms with Gasteiger partial charge in [0.15, 0.2) is 5.78 Å². The average Bonchev–Trinajstić information content (AvgIpc) is 3.37. The normalized spacial score (nSPS) is 17.4. The number of ether oxygens (including phenoxy) is 1. The lowest BCUT2D eigenvalue weighted by Crippen LogP contribution is -2.34. The molecule has 0 amide bonds. The number of carbonyl (C=O) groups excluding carboxylic acids is 1. The van der Waals surface area contributed by atoms with Gasteiger partial charge in [-0.1, -0.05) is 43.0 Å². The Morgan fingerprint density at radius 1 is 1.16 bits per heavy atom. The van der Waals surface area contributed by atoms with E-state index in [-0.39, 0.29) is 5.78 Å².